The van der Waals surface area contributed by atoms with Crippen molar-refractivity contribution in [3.63, 3.8) is 0 Å². The monoisotopic (exact) mass is 363 g/mol. The highest BCUT2D eigenvalue weighted by Gasteiger charge is 2.11. The van der Waals surface area contributed by atoms with Crippen molar-refractivity contribution >= 4 is 29.0 Å². The Morgan fingerprint density at radius 1 is 1.12 bits per heavy atom. The average Bonchev–Trinajstić information content (AvgIpc) is 3.09. The van der Waals surface area contributed by atoms with E-state index in [0.717, 1.165) is 11.1 Å². The van der Waals surface area contributed by atoms with Crippen LogP contribution in [0.15, 0.2) is 60.9 Å². The number of fused-ring (bicyclic) bond motifs is 1. The molecule has 0 aliphatic rings. The molecule has 128 valence electrons. The number of nitrogens with zero attached hydrogens (tertiary/aromatic N) is 4. The molecule has 0 unspecified atom stereocenters. The molecule has 0 atom stereocenters. The van der Waals surface area contributed by atoms with Gasteiger partial charge in [0.25, 0.3) is 11.7 Å². The predicted octanol–water partition coefficient (Wildman–Crippen LogP) is 4.01. The first-order valence-corrected chi connectivity index (χ1v) is 8.33. The van der Waals surface area contributed by atoms with E-state index in [9.17, 15) is 4.79 Å². The van der Waals surface area contributed by atoms with Gasteiger partial charge in [0, 0.05) is 34.2 Å². The molecule has 2 aromatic carbocycles. The highest BCUT2D eigenvalue weighted by molar-refractivity contribution is 6.31. The van der Waals surface area contributed by atoms with E-state index in [0.29, 0.717) is 27.9 Å². The fraction of sp³-hybridized carbons (Fsp3) is 0.0526. The van der Waals surface area contributed by atoms with Gasteiger partial charge in [-0.3, -0.25) is 9.20 Å². The second-order valence-corrected chi connectivity index (χ2v) is 6.22. The second kappa shape index (κ2) is 6.57. The Kier molecular flexibility index (Phi) is 4.10. The summed E-state index contributed by atoms with van der Waals surface area (Å²) in [6.07, 6.45) is 3.51. The first kappa shape index (κ1) is 16.2. The number of benzene rings is 2. The minimum absolute atomic E-state index is 0.204. The zero-order chi connectivity index (χ0) is 18.1. The van der Waals surface area contributed by atoms with Crippen LogP contribution in [0.4, 0.5) is 5.69 Å². The van der Waals surface area contributed by atoms with E-state index < -0.39 is 0 Å². The van der Waals surface area contributed by atoms with E-state index in [4.69, 9.17) is 11.6 Å². The van der Waals surface area contributed by atoms with E-state index in [1.807, 2.05) is 43.5 Å². The van der Waals surface area contributed by atoms with Gasteiger partial charge in [-0.2, -0.15) is 0 Å². The molecule has 0 saturated carbocycles. The van der Waals surface area contributed by atoms with E-state index >= 15 is 0 Å². The maximum Gasteiger partial charge on any atom is 0.255 e. The van der Waals surface area contributed by atoms with Crippen molar-refractivity contribution in [2.45, 2.75) is 6.92 Å². The van der Waals surface area contributed by atoms with E-state index in [2.05, 4.69) is 20.5 Å². The topological polar surface area (TPSA) is 72.2 Å². The molecule has 6 nitrogen and oxygen atoms in total. The average molecular weight is 364 g/mol. The maximum atomic E-state index is 12.4. The summed E-state index contributed by atoms with van der Waals surface area (Å²) >= 11 is 6.10. The van der Waals surface area contributed by atoms with Crippen molar-refractivity contribution in [1.82, 2.24) is 19.6 Å². The smallest absolute Gasteiger partial charge is 0.255 e. The summed E-state index contributed by atoms with van der Waals surface area (Å²) in [6, 6.07) is 14.4. The highest BCUT2D eigenvalue weighted by atomic mass is 35.5. The minimum Gasteiger partial charge on any atom is -0.322 e. The summed E-state index contributed by atoms with van der Waals surface area (Å²) < 4.78 is 1.80. The molecule has 0 aliphatic heterocycles. The SMILES string of the molecule is Cc1ccc(NC(=O)c2ccc(-c3nnc4ncccn34)cc2)cc1Cl. The van der Waals surface area contributed by atoms with Crippen molar-refractivity contribution in [1.29, 1.82) is 0 Å². The fourth-order valence-corrected chi connectivity index (χ4v) is 2.76. The van der Waals surface area contributed by atoms with Gasteiger partial charge >= 0.3 is 0 Å². The molecular weight excluding hydrogens is 350 g/mol. The third kappa shape index (κ3) is 3.02. The number of hydrogen-bond donors (Lipinski definition) is 1. The van der Waals surface area contributed by atoms with E-state index in [-0.39, 0.29) is 5.91 Å². The molecular formula is C19H14ClN5O. The van der Waals surface area contributed by atoms with Crippen LogP contribution in [0.25, 0.3) is 17.2 Å². The Morgan fingerprint density at radius 3 is 2.69 bits per heavy atom. The molecule has 0 saturated heterocycles. The quantitative estimate of drug-likeness (QED) is 0.597. The second-order valence-electron chi connectivity index (χ2n) is 5.81. The predicted molar refractivity (Wildman–Crippen MR) is 100 cm³/mol. The van der Waals surface area contributed by atoms with Crippen molar-refractivity contribution in [3.05, 3.63) is 77.1 Å². The van der Waals surface area contributed by atoms with Crippen LogP contribution in [-0.2, 0) is 0 Å². The molecule has 2 aromatic heterocycles. The lowest BCUT2D eigenvalue weighted by molar-refractivity contribution is 0.102. The number of carbonyl (C=O) groups excluding carboxylic acids is 1. The van der Waals surface area contributed by atoms with Gasteiger partial charge in [0.2, 0.25) is 0 Å². The third-order valence-corrected chi connectivity index (χ3v) is 4.43. The summed E-state index contributed by atoms with van der Waals surface area (Å²) in [5.41, 5.74) is 3.01. The first-order chi connectivity index (χ1) is 12.6. The van der Waals surface area contributed by atoms with E-state index in [1.54, 1.807) is 28.8 Å². The molecule has 7 heteroatoms. The molecule has 2 heterocycles. The molecule has 1 amide bonds. The Hall–Kier alpha value is -3.25. The van der Waals surface area contributed by atoms with Crippen LogP contribution in [0.3, 0.4) is 0 Å². The van der Waals surface area contributed by atoms with Gasteiger partial charge in [0.05, 0.1) is 0 Å². The Balaban J connectivity index is 1.57. The number of amides is 1. The largest absolute Gasteiger partial charge is 0.322 e. The number of aromatic nitrogens is 4. The molecule has 1 N–H and O–H groups in total. The summed E-state index contributed by atoms with van der Waals surface area (Å²) in [7, 11) is 0. The van der Waals surface area contributed by atoms with Gasteiger partial charge in [-0.15, -0.1) is 10.2 Å². The van der Waals surface area contributed by atoms with Crippen molar-refractivity contribution in [2.24, 2.45) is 0 Å². The number of carbonyl (C=O) groups is 1. The Bertz CT molecular complexity index is 1100. The Morgan fingerprint density at radius 2 is 1.92 bits per heavy atom. The van der Waals surface area contributed by atoms with Gasteiger partial charge in [0.1, 0.15) is 0 Å². The van der Waals surface area contributed by atoms with Crippen LogP contribution >= 0.6 is 11.6 Å². The van der Waals surface area contributed by atoms with Crippen LogP contribution in [0.5, 0.6) is 0 Å². The summed E-state index contributed by atoms with van der Waals surface area (Å²) in [5, 5.41) is 11.7. The van der Waals surface area contributed by atoms with E-state index in [1.165, 1.54) is 0 Å². The normalized spacial score (nSPS) is 10.8. The molecule has 0 bridgehead atoms. The number of halogens is 1. The maximum absolute atomic E-state index is 12.4. The molecule has 0 aliphatic carbocycles. The van der Waals surface area contributed by atoms with Gasteiger partial charge in [-0.1, -0.05) is 29.8 Å². The molecule has 0 fully saturated rings. The fourth-order valence-electron chi connectivity index (χ4n) is 2.58. The standard InChI is InChI=1S/C19H14ClN5O/c1-12-3-8-15(11-16(12)20)22-18(26)14-6-4-13(5-7-14)17-23-24-19-21-9-2-10-25(17)19/h2-11H,1H3,(H,22,26). The number of hydrogen-bond acceptors (Lipinski definition) is 4. The lowest BCUT2D eigenvalue weighted by atomic mass is 10.1. The lowest BCUT2D eigenvalue weighted by Gasteiger charge is -2.07. The third-order valence-electron chi connectivity index (χ3n) is 4.02. The van der Waals surface area contributed by atoms with Crippen LogP contribution < -0.4 is 5.32 Å². The first-order valence-electron chi connectivity index (χ1n) is 7.95. The van der Waals surface area contributed by atoms with Crippen molar-refractivity contribution < 1.29 is 4.79 Å². The molecule has 4 aromatic rings. The van der Waals surface area contributed by atoms with Gasteiger partial charge < -0.3 is 5.32 Å². The number of rotatable bonds is 3. The summed E-state index contributed by atoms with van der Waals surface area (Å²) in [5.74, 6) is 0.996. The molecule has 4 rings (SSSR count). The van der Waals surface area contributed by atoms with Crippen LogP contribution in [0.1, 0.15) is 15.9 Å². The lowest BCUT2D eigenvalue weighted by Crippen LogP contribution is -2.11. The molecule has 26 heavy (non-hydrogen) atoms. The highest BCUT2D eigenvalue weighted by Crippen LogP contribution is 2.22. The molecule has 0 spiro atoms. The number of anilines is 1. The zero-order valence-corrected chi connectivity index (χ0v) is 14.6. The summed E-state index contributed by atoms with van der Waals surface area (Å²) in [6.45, 7) is 1.91. The Labute approximate surface area is 154 Å². The molecule has 0 radical (unpaired) electrons. The van der Waals surface area contributed by atoms with Crippen molar-refractivity contribution in [3.8, 4) is 11.4 Å². The zero-order valence-electron chi connectivity index (χ0n) is 13.8. The van der Waals surface area contributed by atoms with Crippen LogP contribution in [-0.4, -0.2) is 25.5 Å². The van der Waals surface area contributed by atoms with Crippen molar-refractivity contribution in [2.75, 3.05) is 5.32 Å². The van der Waals surface area contributed by atoms with Gasteiger partial charge in [-0.25, -0.2) is 4.98 Å². The minimum atomic E-state index is -0.204. The number of nitrogens with one attached hydrogen (secondary N) is 1. The van der Waals surface area contributed by atoms with Crippen LogP contribution in [0.2, 0.25) is 5.02 Å². The van der Waals surface area contributed by atoms with Crippen LogP contribution in [0, 0.1) is 6.92 Å². The summed E-state index contributed by atoms with van der Waals surface area (Å²) in [4.78, 5) is 16.6. The van der Waals surface area contributed by atoms with Gasteiger partial charge in [-0.05, 0) is 42.8 Å². The van der Waals surface area contributed by atoms with Gasteiger partial charge in [0.15, 0.2) is 5.82 Å². The number of aryl methyl sites for hydroxylation is 1.